The first-order chi connectivity index (χ1) is 20.1. The zero-order valence-corrected chi connectivity index (χ0v) is 28.1. The van der Waals surface area contributed by atoms with Gasteiger partial charge in [0, 0.05) is 22.3 Å². The summed E-state index contributed by atoms with van der Waals surface area (Å²) in [5.74, 6) is 0. The van der Waals surface area contributed by atoms with Gasteiger partial charge in [0.2, 0.25) is 11.4 Å². The van der Waals surface area contributed by atoms with Gasteiger partial charge in [0.1, 0.15) is 0 Å². The van der Waals surface area contributed by atoms with Gasteiger partial charge in [-0.2, -0.15) is 0 Å². The molecule has 0 radical (unpaired) electrons. The number of hydrogen-bond acceptors (Lipinski definition) is 0. The molecule has 0 bridgehead atoms. The summed E-state index contributed by atoms with van der Waals surface area (Å²) in [5.41, 5.74) is 21.6. The van der Waals surface area contributed by atoms with Gasteiger partial charge in [-0.25, -0.2) is 4.70 Å². The Hall–Kier alpha value is -1.99. The minimum absolute atomic E-state index is 1.02. The van der Waals surface area contributed by atoms with E-state index >= 15 is 0 Å². The molecule has 1 aliphatic heterocycles. The minimum atomic E-state index is 1.02. The maximum atomic E-state index is 11.8. The van der Waals surface area contributed by atoms with Gasteiger partial charge in [-0.3, -0.25) is 0 Å². The summed E-state index contributed by atoms with van der Waals surface area (Å²) in [5, 5.41) is 2.56. The van der Waals surface area contributed by atoms with Crippen molar-refractivity contribution in [3.05, 3.63) is 87.5 Å². The van der Waals surface area contributed by atoms with E-state index in [1.165, 1.54) is 84.4 Å². The second kappa shape index (κ2) is 20.8. The van der Waals surface area contributed by atoms with E-state index in [4.69, 9.17) is 0 Å². The fraction of sp³-hybridized carbons (Fsp3) is 0.579. The van der Waals surface area contributed by atoms with E-state index in [0.717, 1.165) is 61.0 Å². The normalized spacial score (nSPS) is 13.3. The van der Waals surface area contributed by atoms with Gasteiger partial charge in [-0.1, -0.05) is 90.5 Å². The zero-order valence-electron chi connectivity index (χ0n) is 27.1. The van der Waals surface area contributed by atoms with Gasteiger partial charge in [0.15, 0.2) is 0 Å². The zero-order chi connectivity index (χ0) is 29.9. The summed E-state index contributed by atoms with van der Waals surface area (Å²) in [6.07, 6.45) is 16.3. The van der Waals surface area contributed by atoms with Crippen molar-refractivity contribution in [2.75, 3.05) is 0 Å². The van der Waals surface area contributed by atoms with Gasteiger partial charge >= 0.3 is 39.1 Å². The molecule has 0 saturated heterocycles. The fourth-order valence-electron chi connectivity index (χ4n) is 5.54. The van der Waals surface area contributed by atoms with Gasteiger partial charge in [0.25, 0.3) is 0 Å². The quantitative estimate of drug-likeness (QED) is 0.0923. The predicted octanol–water partition coefficient (Wildman–Crippen LogP) is 12.6. The van der Waals surface area contributed by atoms with Crippen molar-refractivity contribution in [1.29, 1.82) is 0 Å². The molecule has 0 saturated carbocycles. The molecular weight excluding hydrogens is 543 g/mol. The molecule has 0 spiro atoms. The summed E-state index contributed by atoms with van der Waals surface area (Å²) in [4.78, 5) is 0. The number of nitrogens with zero attached hydrogens (tertiary/aromatic N) is 2. The first-order valence-corrected chi connectivity index (χ1v) is 18.0. The summed E-state index contributed by atoms with van der Waals surface area (Å²) in [7, 11) is 0. The van der Waals surface area contributed by atoms with Crippen molar-refractivity contribution >= 4 is 11.4 Å². The van der Waals surface area contributed by atoms with Crippen molar-refractivity contribution in [3.63, 3.8) is 0 Å². The topological polar surface area (TPSA) is 25.3 Å². The van der Waals surface area contributed by atoms with Crippen LogP contribution in [0.4, 0.5) is 0 Å². The molecule has 2 aromatic rings. The van der Waals surface area contributed by atoms with Crippen molar-refractivity contribution in [2.24, 2.45) is 0 Å². The molecule has 0 aliphatic carbocycles. The third-order valence-electron chi connectivity index (χ3n) is 7.78. The van der Waals surface area contributed by atoms with E-state index in [1.807, 2.05) is 14.4 Å². The molecule has 3 heteroatoms. The summed E-state index contributed by atoms with van der Waals surface area (Å²) < 4.78 is 1.55. The van der Waals surface area contributed by atoms with Crippen molar-refractivity contribution in [1.82, 2.24) is 0 Å². The third kappa shape index (κ3) is 11.3. The number of unbranched alkanes of at least 4 members (excludes halogenated alkanes) is 6. The fourth-order valence-corrected chi connectivity index (χ4v) is 6.03. The molecule has 0 fully saturated rings. The molecule has 0 atom stereocenters. The number of hydrogen-bond donors (Lipinski definition) is 0. The Morgan fingerprint density at radius 3 is 1.39 bits per heavy atom. The average Bonchev–Trinajstić information content (AvgIpc) is 3.27. The molecule has 0 amide bonds. The van der Waals surface area contributed by atoms with Crippen molar-refractivity contribution in [3.8, 4) is 0 Å². The Kier molecular flexibility index (Phi) is 17.9. The second-order valence-corrected chi connectivity index (χ2v) is 13.0. The Bertz CT molecular complexity index is 1110. The monoisotopic (exact) mass is 600 g/mol. The first-order valence-electron chi connectivity index (χ1n) is 16.6. The van der Waals surface area contributed by atoms with Crippen LogP contribution < -0.4 is 0 Å². The van der Waals surface area contributed by atoms with Crippen molar-refractivity contribution < 1.29 is 19.1 Å². The third-order valence-corrected chi connectivity index (χ3v) is 8.76. The van der Waals surface area contributed by atoms with E-state index in [2.05, 4.69) is 90.1 Å². The summed E-state index contributed by atoms with van der Waals surface area (Å²) >= 11 is 1.82. The number of rotatable bonds is 18. The van der Waals surface area contributed by atoms with Crippen LogP contribution in [0.15, 0.2) is 59.7 Å². The molecule has 2 nitrogen and oxygen atoms in total. The van der Waals surface area contributed by atoms with E-state index in [-0.39, 0.29) is 0 Å². The van der Waals surface area contributed by atoms with E-state index in [9.17, 15) is 5.53 Å². The van der Waals surface area contributed by atoms with Crippen LogP contribution in [0, 0.1) is 0 Å². The van der Waals surface area contributed by atoms with Gasteiger partial charge < -0.3 is 5.53 Å². The summed E-state index contributed by atoms with van der Waals surface area (Å²) in [6, 6.07) is 17.8. The number of aryl methyl sites for hydroxylation is 2. The molecule has 41 heavy (non-hydrogen) atoms. The number of benzene rings is 2. The SMILES string of the molecule is CCCCCCC1=C(c2cccc(CCCC)c2)[N+](=[N-])C(c2cccc(CCCC)c2)=C1CCCC.C[CH2][Ni][CH2]C. The van der Waals surface area contributed by atoms with Crippen LogP contribution in [0.2, 0.25) is 10.8 Å². The Balaban J connectivity index is 0.00000108. The molecule has 0 aromatic heterocycles. The van der Waals surface area contributed by atoms with Crippen LogP contribution in [0.1, 0.15) is 141 Å². The average molecular weight is 602 g/mol. The summed E-state index contributed by atoms with van der Waals surface area (Å²) in [6.45, 7) is 13.4. The second-order valence-electron chi connectivity index (χ2n) is 11.1. The van der Waals surface area contributed by atoms with Crippen LogP contribution in [0.3, 0.4) is 0 Å². The Labute approximate surface area is 259 Å². The van der Waals surface area contributed by atoms with Gasteiger partial charge in [-0.15, -0.1) is 0 Å². The maximum absolute atomic E-state index is 11.8. The van der Waals surface area contributed by atoms with E-state index in [0.29, 0.717) is 0 Å². The van der Waals surface area contributed by atoms with Gasteiger partial charge in [0.05, 0.1) is 0 Å². The van der Waals surface area contributed by atoms with Crippen molar-refractivity contribution in [2.45, 2.75) is 142 Å². The Morgan fingerprint density at radius 1 is 0.537 bits per heavy atom. The molecular formula is C38H58N2Ni. The molecule has 1 heterocycles. The molecule has 0 N–H and O–H groups in total. The molecule has 0 unspecified atom stereocenters. The van der Waals surface area contributed by atoms with Crippen LogP contribution in [0.5, 0.6) is 0 Å². The number of allylic oxidation sites excluding steroid dienone is 2. The first kappa shape index (κ1) is 35.2. The van der Waals surface area contributed by atoms with E-state index < -0.39 is 0 Å². The molecule has 230 valence electrons. The predicted molar refractivity (Wildman–Crippen MR) is 177 cm³/mol. The standard InChI is InChI=1S/C34H48N2.2C2H5.Ni/c1-5-9-13-14-24-32-31(23-12-8-4)33(29-21-15-19-27(25-29)17-10-6-2)36(35)34(32)30-22-16-20-28(26-30)18-11-7-3;2*1-2;/h15-16,19-22,25-26H,5-14,17-18,23-24H2,1-4H3;2*1H2,2H3;. The Morgan fingerprint density at radius 2 is 0.976 bits per heavy atom. The van der Waals surface area contributed by atoms with E-state index in [1.54, 1.807) is 4.70 Å². The van der Waals surface area contributed by atoms with Crippen LogP contribution in [-0.4, -0.2) is 4.70 Å². The van der Waals surface area contributed by atoms with Crippen LogP contribution in [-0.2, 0) is 27.3 Å². The van der Waals surface area contributed by atoms with Gasteiger partial charge in [-0.05, 0) is 86.8 Å². The van der Waals surface area contributed by atoms with Crippen LogP contribution >= 0.6 is 0 Å². The molecule has 2 aromatic carbocycles. The molecule has 3 rings (SSSR count). The molecule has 1 aliphatic rings. The van der Waals surface area contributed by atoms with Crippen LogP contribution in [0.25, 0.3) is 16.9 Å².